The fraction of sp³-hybridized carbons (Fsp3) is 0.474. The standard InChI is InChI=1S/C19H22N4O4/c1-22(10-19(9-20)6-7-19)11-2-3-12-13(8-11)18(27)23(17(12)26)14-4-5-15(24)21-16(14)25/h2-3,8,14H,4-7,9-10,20H2,1H3,(H,21,24,25). The molecule has 1 aliphatic carbocycles. The second-order valence-electron chi connectivity index (χ2n) is 7.74. The Morgan fingerprint density at radius 3 is 2.52 bits per heavy atom. The molecule has 27 heavy (non-hydrogen) atoms. The third-order valence-corrected chi connectivity index (χ3v) is 5.83. The number of piperidine rings is 1. The average Bonchev–Trinajstić information content (AvgIpc) is 3.37. The van der Waals surface area contributed by atoms with E-state index in [1.807, 2.05) is 18.0 Å². The molecule has 8 nitrogen and oxygen atoms in total. The molecule has 0 spiro atoms. The van der Waals surface area contributed by atoms with Crippen molar-refractivity contribution in [3.63, 3.8) is 0 Å². The molecule has 2 aliphatic heterocycles. The quantitative estimate of drug-likeness (QED) is 0.719. The van der Waals surface area contributed by atoms with Crippen LogP contribution < -0.4 is 16.0 Å². The zero-order valence-electron chi connectivity index (χ0n) is 15.2. The Hall–Kier alpha value is -2.74. The van der Waals surface area contributed by atoms with Crippen LogP contribution in [-0.4, -0.2) is 54.7 Å². The van der Waals surface area contributed by atoms with Gasteiger partial charge in [0.25, 0.3) is 11.8 Å². The SMILES string of the molecule is CN(CC1(CN)CC1)c1ccc2c(c1)C(=O)N(C1CCC(=O)NC1=O)C2=O. The Kier molecular flexibility index (Phi) is 4.03. The first-order valence-corrected chi connectivity index (χ1v) is 9.12. The van der Waals surface area contributed by atoms with Gasteiger partial charge in [-0.05, 0) is 44.0 Å². The number of imide groups is 2. The molecule has 4 amide bonds. The molecule has 142 valence electrons. The normalized spacial score (nSPS) is 23.3. The van der Waals surface area contributed by atoms with Gasteiger partial charge in [0.15, 0.2) is 0 Å². The Labute approximate surface area is 156 Å². The van der Waals surface area contributed by atoms with E-state index in [0.29, 0.717) is 17.7 Å². The number of nitrogens with two attached hydrogens (primary N) is 1. The number of nitrogens with zero attached hydrogens (tertiary/aromatic N) is 2. The second kappa shape index (κ2) is 6.16. The van der Waals surface area contributed by atoms with E-state index >= 15 is 0 Å². The zero-order chi connectivity index (χ0) is 19.3. The number of fused-ring (bicyclic) bond motifs is 1. The van der Waals surface area contributed by atoms with E-state index in [1.165, 1.54) is 0 Å². The Bertz CT molecular complexity index is 861. The molecule has 1 aromatic carbocycles. The van der Waals surface area contributed by atoms with Crippen LogP contribution in [0.15, 0.2) is 18.2 Å². The van der Waals surface area contributed by atoms with Crippen molar-refractivity contribution in [3.8, 4) is 0 Å². The van der Waals surface area contributed by atoms with Gasteiger partial charge in [-0.1, -0.05) is 0 Å². The number of benzene rings is 1. The highest BCUT2D eigenvalue weighted by Crippen LogP contribution is 2.45. The summed E-state index contributed by atoms with van der Waals surface area (Å²) in [6, 6.07) is 4.21. The van der Waals surface area contributed by atoms with Crippen LogP contribution in [0.1, 0.15) is 46.4 Å². The number of carbonyl (C=O) groups excluding carboxylic acids is 4. The molecule has 0 aromatic heterocycles. The van der Waals surface area contributed by atoms with Crippen molar-refractivity contribution in [2.24, 2.45) is 11.1 Å². The predicted octanol–water partition coefficient (Wildman–Crippen LogP) is 0.263. The molecule has 1 unspecified atom stereocenters. The number of amides is 4. The van der Waals surface area contributed by atoms with Gasteiger partial charge in [0.2, 0.25) is 11.8 Å². The van der Waals surface area contributed by atoms with Gasteiger partial charge in [0.05, 0.1) is 11.1 Å². The molecule has 2 fully saturated rings. The van der Waals surface area contributed by atoms with Crippen LogP contribution in [0, 0.1) is 5.41 Å². The van der Waals surface area contributed by atoms with Gasteiger partial charge in [-0.25, -0.2) is 0 Å². The molecule has 4 rings (SSSR count). The van der Waals surface area contributed by atoms with Gasteiger partial charge in [-0.2, -0.15) is 0 Å². The zero-order valence-corrected chi connectivity index (χ0v) is 15.2. The highest BCUT2D eigenvalue weighted by molar-refractivity contribution is 6.23. The molecule has 3 aliphatic rings. The molecular weight excluding hydrogens is 348 g/mol. The highest BCUT2D eigenvalue weighted by Gasteiger charge is 2.45. The van der Waals surface area contributed by atoms with Gasteiger partial charge >= 0.3 is 0 Å². The highest BCUT2D eigenvalue weighted by atomic mass is 16.2. The number of anilines is 1. The smallest absolute Gasteiger partial charge is 0.262 e. The fourth-order valence-electron chi connectivity index (χ4n) is 3.89. The minimum Gasteiger partial charge on any atom is -0.374 e. The van der Waals surface area contributed by atoms with E-state index in [4.69, 9.17) is 5.73 Å². The van der Waals surface area contributed by atoms with E-state index < -0.39 is 23.8 Å². The van der Waals surface area contributed by atoms with Crippen LogP contribution in [0.25, 0.3) is 0 Å². The molecule has 1 saturated heterocycles. The monoisotopic (exact) mass is 370 g/mol. The summed E-state index contributed by atoms with van der Waals surface area (Å²) in [7, 11) is 1.94. The number of hydrogen-bond donors (Lipinski definition) is 2. The van der Waals surface area contributed by atoms with Crippen LogP contribution in [0.4, 0.5) is 5.69 Å². The second-order valence-corrected chi connectivity index (χ2v) is 7.74. The van der Waals surface area contributed by atoms with Crippen LogP contribution in [-0.2, 0) is 9.59 Å². The Balaban J connectivity index is 1.58. The van der Waals surface area contributed by atoms with Gasteiger partial charge in [-0.3, -0.25) is 29.4 Å². The number of carbonyl (C=O) groups is 4. The minimum absolute atomic E-state index is 0.110. The number of hydrogen-bond acceptors (Lipinski definition) is 6. The molecule has 1 aromatic rings. The van der Waals surface area contributed by atoms with Crippen molar-refractivity contribution in [3.05, 3.63) is 29.3 Å². The van der Waals surface area contributed by atoms with Gasteiger partial charge in [0, 0.05) is 31.1 Å². The van der Waals surface area contributed by atoms with E-state index in [-0.39, 0.29) is 24.2 Å². The predicted molar refractivity (Wildman–Crippen MR) is 97.1 cm³/mol. The molecule has 2 heterocycles. The summed E-state index contributed by atoms with van der Waals surface area (Å²) in [6.45, 7) is 1.42. The fourth-order valence-corrected chi connectivity index (χ4v) is 3.89. The van der Waals surface area contributed by atoms with E-state index in [9.17, 15) is 19.2 Å². The number of nitrogens with one attached hydrogen (secondary N) is 1. The van der Waals surface area contributed by atoms with Crippen molar-refractivity contribution in [2.45, 2.75) is 31.7 Å². The van der Waals surface area contributed by atoms with E-state index in [0.717, 1.165) is 30.0 Å². The van der Waals surface area contributed by atoms with Crippen molar-refractivity contribution in [1.82, 2.24) is 10.2 Å². The summed E-state index contributed by atoms with van der Waals surface area (Å²) >= 11 is 0. The third kappa shape index (κ3) is 2.90. The molecular formula is C19H22N4O4. The molecule has 8 heteroatoms. The molecule has 0 radical (unpaired) electrons. The maximum Gasteiger partial charge on any atom is 0.262 e. The largest absolute Gasteiger partial charge is 0.374 e. The van der Waals surface area contributed by atoms with Gasteiger partial charge in [0.1, 0.15) is 6.04 Å². The van der Waals surface area contributed by atoms with Crippen LogP contribution in [0.5, 0.6) is 0 Å². The number of rotatable bonds is 5. The van der Waals surface area contributed by atoms with Crippen LogP contribution >= 0.6 is 0 Å². The first-order valence-electron chi connectivity index (χ1n) is 9.12. The first kappa shape index (κ1) is 17.7. The van der Waals surface area contributed by atoms with Crippen molar-refractivity contribution >= 4 is 29.3 Å². The maximum atomic E-state index is 12.9. The molecule has 1 saturated carbocycles. The summed E-state index contributed by atoms with van der Waals surface area (Å²) in [4.78, 5) is 52.1. The van der Waals surface area contributed by atoms with E-state index in [2.05, 4.69) is 5.32 Å². The van der Waals surface area contributed by atoms with Gasteiger partial charge in [-0.15, -0.1) is 0 Å². The lowest BCUT2D eigenvalue weighted by Gasteiger charge is -2.27. The lowest BCUT2D eigenvalue weighted by atomic mass is 10.0. The summed E-state index contributed by atoms with van der Waals surface area (Å²) in [5, 5.41) is 2.20. The average molecular weight is 370 g/mol. The summed E-state index contributed by atoms with van der Waals surface area (Å²) in [6.07, 6.45) is 2.46. The van der Waals surface area contributed by atoms with Crippen molar-refractivity contribution < 1.29 is 19.2 Å². The summed E-state index contributed by atoms with van der Waals surface area (Å²) in [5.74, 6) is -1.96. The lowest BCUT2D eigenvalue weighted by Crippen LogP contribution is -2.54. The Morgan fingerprint density at radius 1 is 1.19 bits per heavy atom. The molecule has 0 bridgehead atoms. The first-order chi connectivity index (χ1) is 12.8. The lowest BCUT2D eigenvalue weighted by molar-refractivity contribution is -0.136. The minimum atomic E-state index is -0.941. The van der Waals surface area contributed by atoms with Crippen molar-refractivity contribution in [2.75, 3.05) is 25.0 Å². The van der Waals surface area contributed by atoms with Gasteiger partial charge < -0.3 is 10.6 Å². The molecule has 1 atom stereocenters. The molecule has 3 N–H and O–H groups in total. The van der Waals surface area contributed by atoms with Crippen molar-refractivity contribution in [1.29, 1.82) is 0 Å². The summed E-state index contributed by atoms with van der Waals surface area (Å²) < 4.78 is 0. The summed E-state index contributed by atoms with van der Waals surface area (Å²) in [5.41, 5.74) is 7.42. The third-order valence-electron chi connectivity index (χ3n) is 5.83. The Morgan fingerprint density at radius 2 is 1.89 bits per heavy atom. The van der Waals surface area contributed by atoms with Crippen LogP contribution in [0.2, 0.25) is 0 Å². The maximum absolute atomic E-state index is 12.9. The topological polar surface area (TPSA) is 113 Å². The van der Waals surface area contributed by atoms with Crippen LogP contribution in [0.3, 0.4) is 0 Å². The van der Waals surface area contributed by atoms with E-state index in [1.54, 1.807) is 12.1 Å².